The van der Waals surface area contributed by atoms with Gasteiger partial charge in [0.05, 0.1) is 0 Å². The number of benzene rings is 2. The van der Waals surface area contributed by atoms with Gasteiger partial charge in [-0.3, -0.25) is 4.79 Å². The summed E-state index contributed by atoms with van der Waals surface area (Å²) >= 11 is 5.72. The highest BCUT2D eigenvalue weighted by Gasteiger charge is 2.12. The number of rotatable bonds is 3. The third kappa shape index (κ3) is 3.33. The maximum atomic E-state index is 11.0. The van der Waals surface area contributed by atoms with Crippen LogP contribution in [-0.2, 0) is 4.79 Å². The molecule has 5 nitrogen and oxygen atoms in total. The first kappa shape index (κ1) is 14.0. The van der Waals surface area contributed by atoms with Crippen molar-refractivity contribution in [1.82, 2.24) is 0 Å². The van der Waals surface area contributed by atoms with Crippen LogP contribution in [0.5, 0.6) is 28.7 Å². The van der Waals surface area contributed by atoms with Crippen LogP contribution in [0.4, 0.5) is 0 Å². The normalized spacial score (nSPS) is 10.1. The van der Waals surface area contributed by atoms with E-state index >= 15 is 0 Å². The maximum Gasteiger partial charge on any atom is 0.308 e. The van der Waals surface area contributed by atoms with Gasteiger partial charge in [0.25, 0.3) is 0 Å². The third-order valence-electron chi connectivity index (χ3n) is 2.32. The number of carbonyl (C=O) groups is 1. The third-order valence-corrected chi connectivity index (χ3v) is 2.56. The van der Waals surface area contributed by atoms with Crippen molar-refractivity contribution in [2.24, 2.45) is 0 Å². The first-order valence-electron chi connectivity index (χ1n) is 5.63. The summed E-state index contributed by atoms with van der Waals surface area (Å²) in [5.41, 5.74) is 0. The minimum atomic E-state index is -0.555. The van der Waals surface area contributed by atoms with Crippen LogP contribution in [0.2, 0.25) is 5.02 Å². The van der Waals surface area contributed by atoms with Gasteiger partial charge in [-0.1, -0.05) is 11.6 Å². The average Bonchev–Trinajstić information content (AvgIpc) is 2.34. The van der Waals surface area contributed by atoms with E-state index in [9.17, 15) is 15.0 Å². The zero-order valence-electron chi connectivity index (χ0n) is 10.5. The number of halogens is 1. The summed E-state index contributed by atoms with van der Waals surface area (Å²) in [4.78, 5) is 11.0. The summed E-state index contributed by atoms with van der Waals surface area (Å²) in [6.07, 6.45) is 0. The minimum Gasteiger partial charge on any atom is -0.508 e. The van der Waals surface area contributed by atoms with Crippen molar-refractivity contribution >= 4 is 17.6 Å². The minimum absolute atomic E-state index is 0.0480. The Morgan fingerprint density at radius 3 is 2.40 bits per heavy atom. The zero-order valence-corrected chi connectivity index (χ0v) is 11.2. The van der Waals surface area contributed by atoms with E-state index in [1.165, 1.54) is 37.3 Å². The molecule has 20 heavy (non-hydrogen) atoms. The van der Waals surface area contributed by atoms with Crippen LogP contribution in [0, 0.1) is 0 Å². The monoisotopic (exact) mass is 294 g/mol. The SMILES string of the molecule is CC(=O)Oc1cc(O)ccc1Oc1ccc(Cl)cc1O. The first-order valence-corrected chi connectivity index (χ1v) is 6.01. The van der Waals surface area contributed by atoms with Crippen molar-refractivity contribution in [3.8, 4) is 28.7 Å². The number of aromatic hydroxyl groups is 2. The van der Waals surface area contributed by atoms with Gasteiger partial charge in [0.1, 0.15) is 5.75 Å². The quantitative estimate of drug-likeness (QED) is 0.669. The van der Waals surface area contributed by atoms with Crippen LogP contribution in [-0.4, -0.2) is 16.2 Å². The van der Waals surface area contributed by atoms with Crippen molar-refractivity contribution < 1.29 is 24.5 Å². The van der Waals surface area contributed by atoms with Crippen molar-refractivity contribution in [3.63, 3.8) is 0 Å². The number of ether oxygens (including phenoxy) is 2. The summed E-state index contributed by atoms with van der Waals surface area (Å²) in [5.74, 6) is -0.412. The summed E-state index contributed by atoms with van der Waals surface area (Å²) < 4.78 is 10.4. The largest absolute Gasteiger partial charge is 0.508 e. The molecule has 0 aromatic heterocycles. The molecule has 0 saturated heterocycles. The molecule has 0 spiro atoms. The molecule has 2 aromatic carbocycles. The molecule has 0 aliphatic rings. The predicted molar refractivity (Wildman–Crippen MR) is 72.6 cm³/mol. The molecule has 0 aliphatic carbocycles. The van der Waals surface area contributed by atoms with Crippen molar-refractivity contribution in [3.05, 3.63) is 41.4 Å². The van der Waals surface area contributed by atoms with E-state index in [1.807, 2.05) is 0 Å². The summed E-state index contributed by atoms with van der Waals surface area (Å²) in [7, 11) is 0. The Morgan fingerprint density at radius 2 is 1.75 bits per heavy atom. The second-order valence-electron chi connectivity index (χ2n) is 3.94. The summed E-state index contributed by atoms with van der Waals surface area (Å²) in [6.45, 7) is 1.23. The van der Waals surface area contributed by atoms with Gasteiger partial charge in [-0.15, -0.1) is 0 Å². The molecule has 0 bridgehead atoms. The van der Waals surface area contributed by atoms with Crippen molar-refractivity contribution in [2.45, 2.75) is 6.92 Å². The molecule has 104 valence electrons. The lowest BCUT2D eigenvalue weighted by atomic mass is 10.3. The van der Waals surface area contributed by atoms with Crippen LogP contribution in [0.15, 0.2) is 36.4 Å². The average molecular weight is 295 g/mol. The van der Waals surface area contributed by atoms with E-state index < -0.39 is 5.97 Å². The molecule has 0 radical (unpaired) electrons. The highest BCUT2D eigenvalue weighted by atomic mass is 35.5. The number of phenols is 2. The van der Waals surface area contributed by atoms with Gasteiger partial charge in [0, 0.05) is 24.1 Å². The lowest BCUT2D eigenvalue weighted by Crippen LogP contribution is -2.02. The Bertz CT molecular complexity index is 654. The van der Waals surface area contributed by atoms with Gasteiger partial charge in [0.15, 0.2) is 23.0 Å². The van der Waals surface area contributed by atoms with Crippen molar-refractivity contribution in [2.75, 3.05) is 0 Å². The smallest absolute Gasteiger partial charge is 0.308 e. The van der Waals surface area contributed by atoms with Gasteiger partial charge < -0.3 is 19.7 Å². The Hall–Kier alpha value is -2.40. The lowest BCUT2D eigenvalue weighted by Gasteiger charge is -2.12. The second-order valence-corrected chi connectivity index (χ2v) is 4.38. The van der Waals surface area contributed by atoms with E-state index in [1.54, 1.807) is 6.07 Å². The highest BCUT2D eigenvalue weighted by molar-refractivity contribution is 6.30. The molecule has 0 saturated carbocycles. The molecule has 0 atom stereocenters. The van der Waals surface area contributed by atoms with Gasteiger partial charge in [0.2, 0.25) is 0 Å². The Kier molecular flexibility index (Phi) is 4.00. The number of esters is 1. The molecular formula is C14H11ClO5. The number of phenolic OH excluding ortho intramolecular Hbond substituents is 2. The second kappa shape index (κ2) is 5.71. The number of carbonyl (C=O) groups excluding carboxylic acids is 1. The topological polar surface area (TPSA) is 76.0 Å². The Balaban J connectivity index is 2.35. The highest BCUT2D eigenvalue weighted by Crippen LogP contribution is 2.38. The van der Waals surface area contributed by atoms with E-state index in [4.69, 9.17) is 21.1 Å². The van der Waals surface area contributed by atoms with Gasteiger partial charge in [-0.2, -0.15) is 0 Å². The molecule has 0 aliphatic heterocycles. The summed E-state index contributed by atoms with van der Waals surface area (Å²) in [6, 6.07) is 8.37. The fraction of sp³-hybridized carbons (Fsp3) is 0.0714. The van der Waals surface area contributed by atoms with Gasteiger partial charge >= 0.3 is 5.97 Å². The van der Waals surface area contributed by atoms with Crippen LogP contribution < -0.4 is 9.47 Å². The Labute approximate surface area is 119 Å². The summed E-state index contributed by atoms with van der Waals surface area (Å²) in [5, 5.41) is 19.5. The van der Waals surface area contributed by atoms with Crippen LogP contribution >= 0.6 is 11.6 Å². The molecule has 0 amide bonds. The molecule has 2 N–H and O–H groups in total. The lowest BCUT2D eigenvalue weighted by molar-refractivity contribution is -0.131. The first-order chi connectivity index (χ1) is 9.45. The predicted octanol–water partition coefficient (Wildman–Crippen LogP) is 3.47. The Morgan fingerprint density at radius 1 is 1.05 bits per heavy atom. The molecule has 6 heteroatoms. The molecule has 0 unspecified atom stereocenters. The number of hydrogen-bond acceptors (Lipinski definition) is 5. The van der Waals surface area contributed by atoms with E-state index in [0.29, 0.717) is 5.02 Å². The molecule has 0 heterocycles. The van der Waals surface area contributed by atoms with Crippen molar-refractivity contribution in [1.29, 1.82) is 0 Å². The fourth-order valence-corrected chi connectivity index (χ4v) is 1.68. The number of hydrogen-bond donors (Lipinski definition) is 2. The molecule has 0 fully saturated rings. The van der Waals surface area contributed by atoms with Crippen LogP contribution in [0.3, 0.4) is 0 Å². The zero-order chi connectivity index (χ0) is 14.7. The molecule has 2 aromatic rings. The fourth-order valence-electron chi connectivity index (χ4n) is 1.51. The maximum absolute atomic E-state index is 11.0. The van der Waals surface area contributed by atoms with E-state index in [2.05, 4.69) is 0 Å². The standard InChI is InChI=1S/C14H11ClO5/c1-8(16)19-14-7-10(17)3-5-13(14)20-12-4-2-9(15)6-11(12)18/h2-7,17-18H,1H3. The van der Waals surface area contributed by atoms with E-state index in [-0.39, 0.29) is 28.7 Å². The van der Waals surface area contributed by atoms with E-state index in [0.717, 1.165) is 0 Å². The molecule has 2 rings (SSSR count). The van der Waals surface area contributed by atoms with Gasteiger partial charge in [-0.05, 0) is 24.3 Å². The van der Waals surface area contributed by atoms with Crippen LogP contribution in [0.25, 0.3) is 0 Å². The van der Waals surface area contributed by atoms with Gasteiger partial charge in [-0.25, -0.2) is 0 Å². The van der Waals surface area contributed by atoms with Crippen LogP contribution in [0.1, 0.15) is 6.92 Å². The molecular weight excluding hydrogens is 284 g/mol.